The minimum atomic E-state index is -3.67. The summed E-state index contributed by atoms with van der Waals surface area (Å²) in [4.78, 5) is 0.287. The van der Waals surface area contributed by atoms with E-state index in [2.05, 4.69) is 10.0 Å². The molecule has 2 heterocycles. The molecule has 30 heavy (non-hydrogen) atoms. The highest BCUT2D eigenvalue weighted by molar-refractivity contribution is 7.92. The molecule has 3 aliphatic rings. The van der Waals surface area contributed by atoms with Crippen molar-refractivity contribution in [3.63, 3.8) is 0 Å². The summed E-state index contributed by atoms with van der Waals surface area (Å²) < 4.78 is 35.1. The van der Waals surface area contributed by atoms with Gasteiger partial charge in [-0.3, -0.25) is 4.72 Å². The normalized spacial score (nSPS) is 24.7. The van der Waals surface area contributed by atoms with Gasteiger partial charge >= 0.3 is 0 Å². The van der Waals surface area contributed by atoms with E-state index in [1.165, 1.54) is 32.1 Å². The second-order valence-electron chi connectivity index (χ2n) is 9.18. The van der Waals surface area contributed by atoms with Crippen molar-refractivity contribution in [3.05, 3.63) is 53.1 Å². The number of aryl methyl sites for hydroxylation is 2. The Morgan fingerprint density at radius 2 is 1.83 bits per heavy atom. The molecule has 1 aliphatic carbocycles. The Hall–Kier alpha value is -2.05. The van der Waals surface area contributed by atoms with E-state index in [0.29, 0.717) is 11.6 Å². The molecule has 1 spiro atoms. The van der Waals surface area contributed by atoms with Gasteiger partial charge < -0.3 is 10.1 Å². The maximum absolute atomic E-state index is 13.1. The maximum Gasteiger partial charge on any atom is 0.261 e. The standard InChI is InChI=1S/C24H30N2O3S/c1-16-6-7-18(14-17(16)2)26-30(27,28)19-8-9-22-20(15-19)23-21(10-13-29-23)24(25-22)11-4-3-5-12-24/h6-9,14-15,21,23,25-26H,3-5,10-13H2,1-2H3/t21-,23-/m1/s1. The van der Waals surface area contributed by atoms with Crippen LogP contribution in [0, 0.1) is 19.8 Å². The van der Waals surface area contributed by atoms with E-state index in [9.17, 15) is 8.42 Å². The zero-order chi connectivity index (χ0) is 20.9. The van der Waals surface area contributed by atoms with Gasteiger partial charge in [-0.25, -0.2) is 8.42 Å². The van der Waals surface area contributed by atoms with E-state index in [4.69, 9.17) is 4.74 Å². The highest BCUT2D eigenvalue weighted by atomic mass is 32.2. The molecule has 0 radical (unpaired) electrons. The molecule has 0 bridgehead atoms. The molecule has 1 saturated carbocycles. The predicted molar refractivity (Wildman–Crippen MR) is 119 cm³/mol. The van der Waals surface area contributed by atoms with Crippen molar-refractivity contribution in [3.8, 4) is 0 Å². The third kappa shape index (κ3) is 3.30. The number of fused-ring (bicyclic) bond motifs is 4. The lowest BCUT2D eigenvalue weighted by atomic mass is 9.67. The molecule has 2 aromatic rings. The molecular formula is C24H30N2O3S. The van der Waals surface area contributed by atoms with Crippen LogP contribution in [0.15, 0.2) is 41.3 Å². The van der Waals surface area contributed by atoms with Crippen LogP contribution in [0.1, 0.15) is 61.3 Å². The smallest absolute Gasteiger partial charge is 0.261 e. The Morgan fingerprint density at radius 1 is 1.03 bits per heavy atom. The fourth-order valence-electron chi connectivity index (χ4n) is 5.58. The van der Waals surface area contributed by atoms with E-state index in [1.54, 1.807) is 6.07 Å². The van der Waals surface area contributed by atoms with Crippen LogP contribution >= 0.6 is 0 Å². The zero-order valence-corrected chi connectivity index (χ0v) is 18.5. The Kier molecular flexibility index (Phi) is 4.82. The summed E-state index contributed by atoms with van der Waals surface area (Å²) >= 11 is 0. The van der Waals surface area contributed by atoms with Gasteiger partial charge in [0.2, 0.25) is 0 Å². The summed E-state index contributed by atoms with van der Waals surface area (Å²) in [6.07, 6.45) is 7.16. The number of ether oxygens (including phenoxy) is 1. The van der Waals surface area contributed by atoms with Crippen LogP contribution in [0.2, 0.25) is 0 Å². The van der Waals surface area contributed by atoms with Crippen LogP contribution in [-0.2, 0) is 14.8 Å². The minimum Gasteiger partial charge on any atom is -0.379 e. The molecule has 5 rings (SSSR count). The van der Waals surface area contributed by atoms with Crippen LogP contribution in [0.4, 0.5) is 11.4 Å². The van der Waals surface area contributed by atoms with E-state index < -0.39 is 10.0 Å². The molecule has 5 nitrogen and oxygen atoms in total. The van der Waals surface area contributed by atoms with Gasteiger partial charge in [-0.15, -0.1) is 0 Å². The first-order chi connectivity index (χ1) is 14.4. The SMILES string of the molecule is Cc1ccc(NS(=O)(=O)c2ccc3c(c2)[C@H]2OCC[C@H]2C2(CCCCC2)N3)cc1C. The number of sulfonamides is 1. The van der Waals surface area contributed by atoms with E-state index >= 15 is 0 Å². The quantitative estimate of drug-likeness (QED) is 0.698. The zero-order valence-electron chi connectivity index (χ0n) is 17.7. The van der Waals surface area contributed by atoms with Gasteiger partial charge in [0, 0.05) is 35.0 Å². The molecule has 0 unspecified atom stereocenters. The fraction of sp³-hybridized carbons (Fsp3) is 0.500. The van der Waals surface area contributed by atoms with Crippen LogP contribution in [-0.4, -0.2) is 20.6 Å². The van der Waals surface area contributed by atoms with E-state index in [-0.39, 0.29) is 16.5 Å². The van der Waals surface area contributed by atoms with Gasteiger partial charge in [0.05, 0.1) is 11.0 Å². The number of hydrogen-bond donors (Lipinski definition) is 2. The fourth-order valence-corrected chi connectivity index (χ4v) is 6.66. The number of rotatable bonds is 3. The molecule has 0 amide bonds. The second-order valence-corrected chi connectivity index (χ2v) is 10.9. The predicted octanol–water partition coefficient (Wildman–Crippen LogP) is 5.31. The average molecular weight is 427 g/mol. The highest BCUT2D eigenvalue weighted by Crippen LogP contribution is 2.54. The Labute approximate surface area is 179 Å². The van der Waals surface area contributed by atoms with Crippen molar-refractivity contribution < 1.29 is 13.2 Å². The van der Waals surface area contributed by atoms with Crippen molar-refractivity contribution in [1.82, 2.24) is 0 Å². The van der Waals surface area contributed by atoms with Gasteiger partial charge in [0.15, 0.2) is 0 Å². The first-order valence-electron chi connectivity index (χ1n) is 11.0. The topological polar surface area (TPSA) is 67.4 Å². The van der Waals surface area contributed by atoms with Crippen molar-refractivity contribution in [2.45, 2.75) is 68.9 Å². The van der Waals surface area contributed by atoms with Crippen molar-refractivity contribution >= 4 is 21.4 Å². The summed E-state index contributed by atoms with van der Waals surface area (Å²) in [6.45, 7) is 4.74. The van der Waals surface area contributed by atoms with Crippen LogP contribution in [0.25, 0.3) is 0 Å². The largest absolute Gasteiger partial charge is 0.379 e. The third-order valence-electron chi connectivity index (χ3n) is 7.33. The summed E-state index contributed by atoms with van der Waals surface area (Å²) in [6, 6.07) is 11.1. The first kappa shape index (κ1) is 19.9. The summed E-state index contributed by atoms with van der Waals surface area (Å²) in [5, 5.41) is 3.83. The van der Waals surface area contributed by atoms with Gasteiger partial charge in [-0.05, 0) is 74.6 Å². The minimum absolute atomic E-state index is 0.0175. The summed E-state index contributed by atoms with van der Waals surface area (Å²) in [5.41, 5.74) is 4.90. The van der Waals surface area contributed by atoms with Gasteiger partial charge in [-0.1, -0.05) is 25.3 Å². The molecule has 2 fully saturated rings. The first-order valence-corrected chi connectivity index (χ1v) is 12.5. The van der Waals surface area contributed by atoms with Crippen LogP contribution in [0.3, 0.4) is 0 Å². The third-order valence-corrected chi connectivity index (χ3v) is 8.71. The van der Waals surface area contributed by atoms with E-state index in [0.717, 1.165) is 35.4 Å². The number of nitrogens with one attached hydrogen (secondary N) is 2. The van der Waals surface area contributed by atoms with Crippen molar-refractivity contribution in [1.29, 1.82) is 0 Å². The van der Waals surface area contributed by atoms with Gasteiger partial charge in [-0.2, -0.15) is 0 Å². The number of anilines is 2. The average Bonchev–Trinajstić information content (AvgIpc) is 3.22. The summed E-state index contributed by atoms with van der Waals surface area (Å²) in [5.74, 6) is 0.413. The highest BCUT2D eigenvalue weighted by Gasteiger charge is 2.50. The Bertz CT molecular complexity index is 1070. The molecule has 2 aliphatic heterocycles. The van der Waals surface area contributed by atoms with E-state index in [1.807, 2.05) is 44.2 Å². The molecule has 2 aromatic carbocycles. The molecule has 160 valence electrons. The lowest BCUT2D eigenvalue weighted by Crippen LogP contribution is -2.51. The molecule has 6 heteroatoms. The van der Waals surface area contributed by atoms with Crippen LogP contribution in [0.5, 0.6) is 0 Å². The molecular weight excluding hydrogens is 396 g/mol. The van der Waals surface area contributed by atoms with Crippen molar-refractivity contribution in [2.75, 3.05) is 16.6 Å². The maximum atomic E-state index is 13.1. The summed E-state index contributed by atoms with van der Waals surface area (Å²) in [7, 11) is -3.67. The number of hydrogen-bond acceptors (Lipinski definition) is 4. The Balaban J connectivity index is 1.48. The number of benzene rings is 2. The molecule has 0 aromatic heterocycles. The van der Waals surface area contributed by atoms with Crippen LogP contribution < -0.4 is 10.0 Å². The molecule has 1 saturated heterocycles. The molecule has 2 N–H and O–H groups in total. The second kappa shape index (κ2) is 7.27. The van der Waals surface area contributed by atoms with Gasteiger partial charge in [0.1, 0.15) is 0 Å². The molecule has 2 atom stereocenters. The van der Waals surface area contributed by atoms with Gasteiger partial charge in [0.25, 0.3) is 10.0 Å². The monoisotopic (exact) mass is 426 g/mol. The lowest BCUT2D eigenvalue weighted by molar-refractivity contribution is 0.0560. The van der Waals surface area contributed by atoms with Crippen molar-refractivity contribution in [2.24, 2.45) is 5.92 Å². The lowest BCUT2D eigenvalue weighted by Gasteiger charge is -2.49. The Morgan fingerprint density at radius 3 is 2.60 bits per heavy atom.